The molecule has 5 rings (SSSR count). The van der Waals surface area contributed by atoms with Crippen LogP contribution in [0.3, 0.4) is 0 Å². The van der Waals surface area contributed by atoms with Gasteiger partial charge >= 0.3 is 5.97 Å². The van der Waals surface area contributed by atoms with E-state index in [1.165, 1.54) is 21.9 Å². The maximum absolute atomic E-state index is 12.1. The van der Waals surface area contributed by atoms with Crippen molar-refractivity contribution < 1.29 is 14.3 Å². The lowest BCUT2D eigenvalue weighted by molar-refractivity contribution is 0.0106. The number of carbonyl (C=O) groups is 1. The van der Waals surface area contributed by atoms with Crippen molar-refractivity contribution in [2.24, 2.45) is 0 Å². The molecule has 0 aliphatic carbocycles. The van der Waals surface area contributed by atoms with Gasteiger partial charge < -0.3 is 14.8 Å². The molecule has 5 nitrogen and oxygen atoms in total. The molecule has 0 spiro atoms. The van der Waals surface area contributed by atoms with E-state index < -0.39 is 5.97 Å². The Morgan fingerprint density at radius 2 is 1.68 bits per heavy atom. The molecule has 1 aromatic heterocycles. The summed E-state index contributed by atoms with van der Waals surface area (Å²) in [7, 11) is 0. The quantitative estimate of drug-likeness (QED) is 0.388. The van der Waals surface area contributed by atoms with E-state index in [4.69, 9.17) is 9.47 Å². The minimum atomic E-state index is -0.412. The second kappa shape index (κ2) is 10.6. The van der Waals surface area contributed by atoms with Gasteiger partial charge in [0.2, 0.25) is 0 Å². The third-order valence-corrected chi connectivity index (χ3v) is 6.36. The fraction of sp³-hybridized carbons (Fsp3) is 0.241. The first-order valence-corrected chi connectivity index (χ1v) is 11.7. The first kappa shape index (κ1) is 22.3. The van der Waals surface area contributed by atoms with Gasteiger partial charge in [0.1, 0.15) is 12.3 Å². The van der Waals surface area contributed by atoms with Crippen LogP contribution < -0.4 is 5.32 Å². The molecule has 3 aromatic carbocycles. The summed E-state index contributed by atoms with van der Waals surface area (Å²) >= 11 is 0. The SMILES string of the molecule is O=C(OCc1ccc(C2CCNCC2OCc2ccc3ccccc3c2)cc1)c1ccccn1. The Labute approximate surface area is 199 Å². The zero-order chi connectivity index (χ0) is 23.2. The molecular weight excluding hydrogens is 424 g/mol. The molecule has 1 N–H and O–H groups in total. The fourth-order valence-electron chi connectivity index (χ4n) is 4.49. The van der Waals surface area contributed by atoms with E-state index in [9.17, 15) is 4.79 Å². The smallest absolute Gasteiger partial charge is 0.357 e. The lowest BCUT2D eigenvalue weighted by Crippen LogP contribution is -2.40. The van der Waals surface area contributed by atoms with E-state index in [2.05, 4.69) is 64.9 Å². The highest BCUT2D eigenvalue weighted by Gasteiger charge is 2.27. The summed E-state index contributed by atoms with van der Waals surface area (Å²) in [6.07, 6.45) is 2.72. The summed E-state index contributed by atoms with van der Waals surface area (Å²) in [6.45, 7) is 2.63. The number of nitrogens with one attached hydrogen (secondary N) is 1. The zero-order valence-electron chi connectivity index (χ0n) is 19.0. The van der Waals surface area contributed by atoms with Crippen molar-refractivity contribution in [1.82, 2.24) is 10.3 Å². The molecule has 1 aliphatic heterocycles. The predicted molar refractivity (Wildman–Crippen MR) is 133 cm³/mol. The fourth-order valence-corrected chi connectivity index (χ4v) is 4.49. The van der Waals surface area contributed by atoms with Gasteiger partial charge in [-0.05, 0) is 58.6 Å². The first-order chi connectivity index (χ1) is 16.8. The average molecular weight is 453 g/mol. The number of pyridine rings is 1. The third-order valence-electron chi connectivity index (χ3n) is 6.36. The van der Waals surface area contributed by atoms with Gasteiger partial charge in [-0.3, -0.25) is 0 Å². The van der Waals surface area contributed by atoms with Crippen molar-refractivity contribution >= 4 is 16.7 Å². The Morgan fingerprint density at radius 3 is 2.50 bits per heavy atom. The first-order valence-electron chi connectivity index (χ1n) is 11.7. The third kappa shape index (κ3) is 5.33. The molecule has 1 aliphatic rings. The monoisotopic (exact) mass is 452 g/mol. The van der Waals surface area contributed by atoms with Crippen LogP contribution in [0.2, 0.25) is 0 Å². The molecule has 2 unspecified atom stereocenters. The van der Waals surface area contributed by atoms with Crippen LogP contribution in [0.5, 0.6) is 0 Å². The summed E-state index contributed by atoms with van der Waals surface area (Å²) in [6, 6.07) is 28.4. The maximum atomic E-state index is 12.1. The van der Waals surface area contributed by atoms with E-state index >= 15 is 0 Å². The predicted octanol–water partition coefficient (Wildman–Crippen LogP) is 5.25. The van der Waals surface area contributed by atoms with E-state index in [1.54, 1.807) is 24.4 Å². The summed E-state index contributed by atoms with van der Waals surface area (Å²) in [5.41, 5.74) is 3.72. The molecule has 34 heavy (non-hydrogen) atoms. The lowest BCUT2D eigenvalue weighted by Gasteiger charge is -2.32. The van der Waals surface area contributed by atoms with Gasteiger partial charge in [0.25, 0.3) is 0 Å². The summed E-state index contributed by atoms with van der Waals surface area (Å²) in [5, 5.41) is 5.95. The zero-order valence-corrected chi connectivity index (χ0v) is 19.0. The highest BCUT2D eigenvalue weighted by atomic mass is 16.5. The molecule has 2 heterocycles. The number of carbonyl (C=O) groups excluding carboxylic acids is 1. The van der Waals surface area contributed by atoms with Gasteiger partial charge in [-0.25, -0.2) is 9.78 Å². The maximum Gasteiger partial charge on any atom is 0.357 e. The van der Waals surface area contributed by atoms with Gasteiger partial charge in [-0.1, -0.05) is 66.7 Å². The number of hydrogen-bond acceptors (Lipinski definition) is 5. The van der Waals surface area contributed by atoms with Gasteiger partial charge in [0.15, 0.2) is 0 Å². The lowest BCUT2D eigenvalue weighted by atomic mass is 9.87. The highest BCUT2D eigenvalue weighted by Crippen LogP contribution is 2.29. The number of benzene rings is 3. The number of aromatic nitrogens is 1. The molecule has 0 radical (unpaired) electrons. The van der Waals surface area contributed by atoms with Crippen LogP contribution in [0.1, 0.15) is 39.5 Å². The molecule has 4 aromatic rings. The van der Waals surface area contributed by atoms with Crippen LogP contribution in [0.15, 0.2) is 91.1 Å². The number of rotatable bonds is 7. The van der Waals surface area contributed by atoms with Crippen molar-refractivity contribution in [1.29, 1.82) is 0 Å². The van der Waals surface area contributed by atoms with Crippen molar-refractivity contribution in [3.05, 3.63) is 114 Å². The number of piperidine rings is 1. The second-order valence-electron chi connectivity index (χ2n) is 8.66. The topological polar surface area (TPSA) is 60.5 Å². The molecule has 1 fully saturated rings. The highest BCUT2D eigenvalue weighted by molar-refractivity contribution is 5.87. The molecule has 172 valence electrons. The molecule has 0 saturated carbocycles. The number of fused-ring (bicyclic) bond motifs is 1. The molecule has 0 bridgehead atoms. The van der Waals surface area contributed by atoms with Crippen molar-refractivity contribution in [3.63, 3.8) is 0 Å². The summed E-state index contributed by atoms with van der Waals surface area (Å²) < 4.78 is 11.8. The van der Waals surface area contributed by atoms with Crippen molar-refractivity contribution in [3.8, 4) is 0 Å². The van der Waals surface area contributed by atoms with Crippen LogP contribution in [0.25, 0.3) is 10.8 Å². The normalized spacial score (nSPS) is 18.0. The Bertz CT molecular complexity index is 1240. The number of esters is 1. The van der Waals surface area contributed by atoms with Gasteiger partial charge in [0, 0.05) is 18.7 Å². The number of nitrogens with zero attached hydrogens (tertiary/aromatic N) is 1. The number of ether oxygens (including phenoxy) is 2. The van der Waals surface area contributed by atoms with Gasteiger partial charge in [-0.15, -0.1) is 0 Å². The molecule has 0 amide bonds. The Kier molecular flexibility index (Phi) is 6.94. The molecular formula is C29H28N2O3. The molecule has 1 saturated heterocycles. The van der Waals surface area contributed by atoms with Crippen LogP contribution in [0, 0.1) is 0 Å². The Morgan fingerprint density at radius 1 is 0.882 bits per heavy atom. The minimum Gasteiger partial charge on any atom is -0.456 e. The van der Waals surface area contributed by atoms with E-state index in [0.717, 1.165) is 25.1 Å². The van der Waals surface area contributed by atoms with E-state index in [0.29, 0.717) is 18.2 Å². The van der Waals surface area contributed by atoms with Crippen molar-refractivity contribution in [2.45, 2.75) is 31.7 Å². The van der Waals surface area contributed by atoms with Crippen molar-refractivity contribution in [2.75, 3.05) is 13.1 Å². The standard InChI is InChI=1S/C29H28N2O3/c32-29(27-7-3-4-15-31-27)34-19-21-8-12-24(13-9-21)26-14-16-30-18-28(26)33-20-22-10-11-23-5-1-2-6-25(23)17-22/h1-13,15,17,26,28,30H,14,16,18-20H2. The number of hydrogen-bond donors (Lipinski definition) is 1. The van der Waals surface area contributed by atoms with Crippen LogP contribution in [-0.2, 0) is 22.7 Å². The Hall–Kier alpha value is -3.54. The van der Waals surface area contributed by atoms with Gasteiger partial charge in [-0.2, -0.15) is 0 Å². The van der Waals surface area contributed by atoms with Crippen LogP contribution in [0.4, 0.5) is 0 Å². The summed E-state index contributed by atoms with van der Waals surface area (Å²) in [4.78, 5) is 16.2. The largest absolute Gasteiger partial charge is 0.456 e. The summed E-state index contributed by atoms with van der Waals surface area (Å²) in [5.74, 6) is -0.0861. The van der Waals surface area contributed by atoms with Crippen LogP contribution in [-0.4, -0.2) is 30.1 Å². The van der Waals surface area contributed by atoms with E-state index in [-0.39, 0.29) is 12.7 Å². The minimum absolute atomic E-state index is 0.105. The van der Waals surface area contributed by atoms with E-state index in [1.807, 2.05) is 12.1 Å². The molecule has 2 atom stereocenters. The van der Waals surface area contributed by atoms with Crippen LogP contribution >= 0.6 is 0 Å². The van der Waals surface area contributed by atoms with Gasteiger partial charge in [0.05, 0.1) is 12.7 Å². The Balaban J connectivity index is 1.20. The average Bonchev–Trinajstić information content (AvgIpc) is 2.91. The second-order valence-corrected chi connectivity index (χ2v) is 8.66. The molecule has 5 heteroatoms.